The van der Waals surface area contributed by atoms with Crippen LogP contribution in [0.3, 0.4) is 0 Å². The Bertz CT molecular complexity index is 870. The Morgan fingerprint density at radius 3 is 2.40 bits per heavy atom. The van der Waals surface area contributed by atoms with Gasteiger partial charge in [-0.15, -0.1) is 0 Å². The van der Waals surface area contributed by atoms with E-state index in [1.807, 2.05) is 30.3 Å². The lowest BCUT2D eigenvalue weighted by molar-refractivity contribution is -0.120. The molecule has 0 aliphatic carbocycles. The number of amides is 1. The van der Waals surface area contributed by atoms with Crippen LogP contribution in [0.4, 0.5) is 4.39 Å². The molecule has 0 atom stereocenters. The van der Waals surface area contributed by atoms with Crippen molar-refractivity contribution in [2.45, 2.75) is 11.3 Å². The topological polar surface area (TPSA) is 75.3 Å². The largest absolute Gasteiger partial charge is 0.345 e. The minimum absolute atomic E-state index is 0.0204. The molecule has 130 valence electrons. The van der Waals surface area contributed by atoms with E-state index in [2.05, 4.69) is 21.9 Å². The van der Waals surface area contributed by atoms with Gasteiger partial charge in [-0.05, 0) is 36.4 Å². The molecule has 1 amide bonds. The van der Waals surface area contributed by atoms with Crippen LogP contribution in [-0.2, 0) is 14.8 Å². The van der Waals surface area contributed by atoms with E-state index in [0.29, 0.717) is 0 Å². The van der Waals surface area contributed by atoms with Crippen LogP contribution in [0.15, 0.2) is 59.5 Å². The fraction of sp³-hybridized carbons (Fsp3) is 0.167. The molecule has 0 aliphatic heterocycles. The maximum absolute atomic E-state index is 12.8. The second-order valence-electron chi connectivity index (χ2n) is 5.05. The molecule has 25 heavy (non-hydrogen) atoms. The Hall–Kier alpha value is -2.69. The third-order valence-corrected chi connectivity index (χ3v) is 4.63. The molecule has 0 saturated carbocycles. The molecule has 0 spiro atoms. The molecular formula is C18H17FN2O3S. The molecule has 7 heteroatoms. The van der Waals surface area contributed by atoms with Crippen molar-refractivity contribution in [2.75, 3.05) is 13.1 Å². The summed E-state index contributed by atoms with van der Waals surface area (Å²) >= 11 is 0. The number of hydrogen-bond donors (Lipinski definition) is 2. The van der Waals surface area contributed by atoms with Crippen LogP contribution < -0.4 is 10.0 Å². The second-order valence-corrected chi connectivity index (χ2v) is 6.81. The van der Waals surface area contributed by atoms with Gasteiger partial charge in [0.05, 0.1) is 11.4 Å². The van der Waals surface area contributed by atoms with E-state index >= 15 is 0 Å². The Balaban J connectivity index is 1.73. The zero-order valence-electron chi connectivity index (χ0n) is 13.3. The number of halogens is 1. The highest BCUT2D eigenvalue weighted by Crippen LogP contribution is 2.09. The van der Waals surface area contributed by atoms with Crippen molar-refractivity contribution in [3.63, 3.8) is 0 Å². The average molecular weight is 360 g/mol. The van der Waals surface area contributed by atoms with Gasteiger partial charge in [0.1, 0.15) is 5.82 Å². The summed E-state index contributed by atoms with van der Waals surface area (Å²) < 4.78 is 39.0. The summed E-state index contributed by atoms with van der Waals surface area (Å²) in [5, 5.41) is 2.59. The van der Waals surface area contributed by atoms with E-state index < -0.39 is 15.8 Å². The van der Waals surface area contributed by atoms with Gasteiger partial charge >= 0.3 is 0 Å². The van der Waals surface area contributed by atoms with Crippen molar-refractivity contribution in [2.24, 2.45) is 0 Å². The number of rotatable bonds is 6. The van der Waals surface area contributed by atoms with Gasteiger partial charge in [-0.1, -0.05) is 30.0 Å². The number of hydrogen-bond acceptors (Lipinski definition) is 3. The third kappa shape index (κ3) is 6.37. The lowest BCUT2D eigenvalue weighted by Crippen LogP contribution is -2.31. The smallest absolute Gasteiger partial charge is 0.240 e. The summed E-state index contributed by atoms with van der Waals surface area (Å²) in [4.78, 5) is 11.6. The molecule has 0 unspecified atom stereocenters. The van der Waals surface area contributed by atoms with E-state index in [-0.39, 0.29) is 30.3 Å². The van der Waals surface area contributed by atoms with Crippen molar-refractivity contribution in [1.29, 1.82) is 0 Å². The Morgan fingerprint density at radius 2 is 1.72 bits per heavy atom. The number of carbonyl (C=O) groups excluding carboxylic acids is 1. The van der Waals surface area contributed by atoms with E-state index in [1.54, 1.807) is 0 Å². The molecular weight excluding hydrogens is 343 g/mol. The van der Waals surface area contributed by atoms with Crippen LogP contribution in [0.1, 0.15) is 12.0 Å². The summed E-state index contributed by atoms with van der Waals surface area (Å²) in [5.41, 5.74) is 0.851. The molecule has 0 radical (unpaired) electrons. The van der Waals surface area contributed by atoms with Crippen LogP contribution in [-0.4, -0.2) is 27.4 Å². The first-order chi connectivity index (χ1) is 12.0. The minimum Gasteiger partial charge on any atom is -0.345 e. The quantitative estimate of drug-likeness (QED) is 0.770. The maximum Gasteiger partial charge on any atom is 0.240 e. The average Bonchev–Trinajstić information content (AvgIpc) is 2.60. The number of carbonyl (C=O) groups is 1. The summed E-state index contributed by atoms with van der Waals surface area (Å²) in [5.74, 6) is 4.88. The van der Waals surface area contributed by atoms with Gasteiger partial charge < -0.3 is 5.32 Å². The van der Waals surface area contributed by atoms with Crippen LogP contribution in [0, 0.1) is 17.7 Å². The van der Waals surface area contributed by atoms with Crippen LogP contribution in [0.25, 0.3) is 0 Å². The first-order valence-corrected chi connectivity index (χ1v) is 9.01. The molecule has 0 saturated heterocycles. The highest BCUT2D eigenvalue weighted by molar-refractivity contribution is 7.89. The van der Waals surface area contributed by atoms with Gasteiger partial charge in [-0.2, -0.15) is 0 Å². The lowest BCUT2D eigenvalue weighted by atomic mass is 10.2. The maximum atomic E-state index is 12.8. The SMILES string of the molecule is O=C(CCNS(=O)(=O)c1ccc(F)cc1)NCC#Cc1ccccc1. The highest BCUT2D eigenvalue weighted by Gasteiger charge is 2.13. The van der Waals surface area contributed by atoms with Crippen molar-refractivity contribution >= 4 is 15.9 Å². The van der Waals surface area contributed by atoms with Gasteiger partial charge in [-0.25, -0.2) is 17.5 Å². The monoisotopic (exact) mass is 360 g/mol. The zero-order valence-corrected chi connectivity index (χ0v) is 14.1. The fourth-order valence-corrected chi connectivity index (χ4v) is 2.93. The molecule has 2 N–H and O–H groups in total. The van der Waals surface area contributed by atoms with Gasteiger partial charge in [0.25, 0.3) is 0 Å². The summed E-state index contributed by atoms with van der Waals surface area (Å²) in [6.45, 7) is 0.121. The van der Waals surface area contributed by atoms with E-state index in [1.165, 1.54) is 0 Å². The standard InChI is InChI=1S/C18H17FN2O3S/c19-16-8-10-17(11-9-16)25(23,24)21-14-12-18(22)20-13-4-7-15-5-2-1-3-6-15/h1-3,5-6,8-11,21H,12-14H2,(H,20,22). The van der Waals surface area contributed by atoms with E-state index in [0.717, 1.165) is 29.8 Å². The fourth-order valence-electron chi connectivity index (χ4n) is 1.89. The first-order valence-electron chi connectivity index (χ1n) is 7.53. The van der Waals surface area contributed by atoms with Crippen LogP contribution in [0.5, 0.6) is 0 Å². The highest BCUT2D eigenvalue weighted by atomic mass is 32.2. The summed E-state index contributed by atoms with van der Waals surface area (Å²) in [6, 6.07) is 13.8. The Labute approximate surface area is 146 Å². The predicted octanol–water partition coefficient (Wildman–Crippen LogP) is 1.66. The Kier molecular flexibility index (Phi) is 6.69. The van der Waals surface area contributed by atoms with Crippen LogP contribution in [0.2, 0.25) is 0 Å². The van der Waals surface area contributed by atoms with E-state index in [9.17, 15) is 17.6 Å². The molecule has 2 aromatic carbocycles. The normalized spacial score (nSPS) is 10.6. The first kappa shape index (κ1) is 18.6. The zero-order chi connectivity index (χ0) is 18.1. The molecule has 2 aromatic rings. The molecule has 0 aliphatic rings. The van der Waals surface area contributed by atoms with Gasteiger partial charge in [0, 0.05) is 18.5 Å². The molecule has 0 heterocycles. The number of benzene rings is 2. The third-order valence-electron chi connectivity index (χ3n) is 3.15. The van der Waals surface area contributed by atoms with Crippen LogP contribution >= 0.6 is 0 Å². The Morgan fingerprint density at radius 1 is 1.04 bits per heavy atom. The van der Waals surface area contributed by atoms with E-state index in [4.69, 9.17) is 0 Å². The van der Waals surface area contributed by atoms with Gasteiger partial charge in [0.15, 0.2) is 0 Å². The van der Waals surface area contributed by atoms with Crippen molar-refractivity contribution in [3.05, 3.63) is 66.0 Å². The van der Waals surface area contributed by atoms with Crippen molar-refractivity contribution < 1.29 is 17.6 Å². The molecule has 5 nitrogen and oxygen atoms in total. The molecule has 0 aromatic heterocycles. The van der Waals surface area contributed by atoms with Crippen molar-refractivity contribution in [1.82, 2.24) is 10.0 Å². The molecule has 0 fully saturated rings. The lowest BCUT2D eigenvalue weighted by Gasteiger charge is -2.06. The van der Waals surface area contributed by atoms with Crippen molar-refractivity contribution in [3.8, 4) is 11.8 Å². The van der Waals surface area contributed by atoms with Gasteiger partial charge in [-0.3, -0.25) is 4.79 Å². The number of nitrogens with one attached hydrogen (secondary N) is 2. The summed E-state index contributed by atoms with van der Waals surface area (Å²) in [7, 11) is -3.76. The molecule has 2 rings (SSSR count). The summed E-state index contributed by atoms with van der Waals surface area (Å²) in [6.07, 6.45) is -0.0204. The second kappa shape index (κ2) is 8.97. The number of sulfonamides is 1. The predicted molar refractivity (Wildman–Crippen MR) is 92.5 cm³/mol. The minimum atomic E-state index is -3.76. The molecule has 0 bridgehead atoms. The van der Waals surface area contributed by atoms with Gasteiger partial charge in [0.2, 0.25) is 15.9 Å².